The molecule has 1 aliphatic rings. The Kier molecular flexibility index (Phi) is 2.13. The second kappa shape index (κ2) is 2.89. The van der Waals surface area contributed by atoms with E-state index in [4.69, 9.17) is 12.2 Å². The molecule has 1 heteroatoms. The Morgan fingerprint density at radius 2 is 2.33 bits per heavy atom. The summed E-state index contributed by atoms with van der Waals surface area (Å²) in [6, 6.07) is 0. The molecule has 0 bridgehead atoms. The van der Waals surface area contributed by atoms with Crippen molar-refractivity contribution < 1.29 is 0 Å². The van der Waals surface area contributed by atoms with Crippen LogP contribution in [0.2, 0.25) is 0 Å². The van der Waals surface area contributed by atoms with Gasteiger partial charge in [-0.1, -0.05) is 0 Å². The zero-order chi connectivity index (χ0) is 6.69. The van der Waals surface area contributed by atoms with Gasteiger partial charge in [-0.3, -0.25) is 0 Å². The topological polar surface area (TPSA) is 26.0 Å². The Hall–Kier alpha value is -0.480. The third-order valence-electron chi connectivity index (χ3n) is 1.97. The van der Waals surface area contributed by atoms with Crippen LogP contribution in [0.4, 0.5) is 0 Å². The van der Waals surface area contributed by atoms with Crippen molar-refractivity contribution in [1.82, 2.24) is 0 Å². The van der Waals surface area contributed by atoms with E-state index in [9.17, 15) is 0 Å². The lowest BCUT2D eigenvalue weighted by atomic mass is 10.0. The smallest absolute Gasteiger partial charge is 0.0129 e. The molecule has 1 nitrogen and oxygen atoms in total. The third-order valence-corrected chi connectivity index (χ3v) is 1.97. The predicted molar refractivity (Wildman–Crippen MR) is 38.7 cm³/mol. The van der Waals surface area contributed by atoms with Crippen LogP contribution in [0.3, 0.4) is 0 Å². The molecule has 0 saturated heterocycles. The van der Waals surface area contributed by atoms with Crippen LogP contribution in [0.15, 0.2) is 0 Å². The zero-order valence-electron chi connectivity index (χ0n) is 5.64. The Balaban J connectivity index is 2.22. The third kappa shape index (κ3) is 1.73. The first kappa shape index (κ1) is 6.64. The molecule has 0 spiro atoms. The van der Waals surface area contributed by atoms with Crippen LogP contribution in [0.25, 0.3) is 0 Å². The molecule has 1 atom stereocenters. The maximum absolute atomic E-state index is 5.50. The summed E-state index contributed by atoms with van der Waals surface area (Å²) in [7, 11) is 0. The maximum atomic E-state index is 5.50. The van der Waals surface area contributed by atoms with Crippen LogP contribution in [-0.2, 0) is 0 Å². The molecule has 9 heavy (non-hydrogen) atoms. The van der Waals surface area contributed by atoms with Crippen molar-refractivity contribution in [3.63, 3.8) is 0 Å². The van der Waals surface area contributed by atoms with Gasteiger partial charge >= 0.3 is 0 Å². The minimum Gasteiger partial charge on any atom is -0.330 e. The lowest BCUT2D eigenvalue weighted by Crippen LogP contribution is -2.15. The first-order chi connectivity index (χ1) is 4.38. The second-order valence-electron chi connectivity index (χ2n) is 2.74. The summed E-state index contributed by atoms with van der Waals surface area (Å²) in [6.07, 6.45) is 8.74. The van der Waals surface area contributed by atoms with Crippen molar-refractivity contribution in [2.75, 3.05) is 6.54 Å². The molecule has 1 saturated carbocycles. The summed E-state index contributed by atoms with van der Waals surface area (Å²) in [5.41, 5.74) is 5.50. The summed E-state index contributed by atoms with van der Waals surface area (Å²) in [6.45, 7) is 0.773. The van der Waals surface area contributed by atoms with Gasteiger partial charge in [0.05, 0.1) is 0 Å². The molecule has 50 valence electrons. The van der Waals surface area contributed by atoms with Crippen LogP contribution >= 0.6 is 0 Å². The Morgan fingerprint density at radius 1 is 1.67 bits per heavy atom. The van der Waals surface area contributed by atoms with Crippen LogP contribution < -0.4 is 5.73 Å². The van der Waals surface area contributed by atoms with E-state index in [2.05, 4.69) is 5.92 Å². The Labute approximate surface area is 56.6 Å². The Morgan fingerprint density at radius 3 is 2.67 bits per heavy atom. The van der Waals surface area contributed by atoms with Crippen molar-refractivity contribution in [2.24, 2.45) is 17.6 Å². The largest absolute Gasteiger partial charge is 0.330 e. The molecule has 1 aliphatic carbocycles. The summed E-state index contributed by atoms with van der Waals surface area (Å²) >= 11 is 0. The van der Waals surface area contributed by atoms with Crippen LogP contribution in [0, 0.1) is 24.2 Å². The Bertz CT molecular complexity index is 119. The van der Waals surface area contributed by atoms with Gasteiger partial charge in [-0.15, -0.1) is 12.3 Å². The zero-order valence-corrected chi connectivity index (χ0v) is 5.64. The minimum atomic E-state index is 0.620. The molecule has 0 amide bonds. The minimum absolute atomic E-state index is 0.620. The normalized spacial score (nSPS) is 20.9. The van der Waals surface area contributed by atoms with Gasteiger partial charge in [-0.2, -0.15) is 0 Å². The fourth-order valence-electron chi connectivity index (χ4n) is 1.16. The predicted octanol–water partition coefficient (Wildman–Crippen LogP) is 0.995. The number of rotatable bonds is 3. The monoisotopic (exact) mass is 123 g/mol. The van der Waals surface area contributed by atoms with E-state index in [1.54, 1.807) is 0 Å². The van der Waals surface area contributed by atoms with Crippen LogP contribution in [-0.4, -0.2) is 6.54 Å². The number of nitrogens with two attached hydrogens (primary N) is 1. The molecular formula is C8H13N. The SMILES string of the molecule is C#CCC(CN)C1CC1. The van der Waals surface area contributed by atoms with Gasteiger partial charge < -0.3 is 5.73 Å². The molecule has 0 aliphatic heterocycles. The molecule has 2 N–H and O–H groups in total. The highest BCUT2D eigenvalue weighted by molar-refractivity contribution is 4.92. The highest BCUT2D eigenvalue weighted by Crippen LogP contribution is 2.37. The number of hydrogen-bond acceptors (Lipinski definition) is 1. The van der Waals surface area contributed by atoms with Crippen molar-refractivity contribution in [1.29, 1.82) is 0 Å². The lowest BCUT2D eigenvalue weighted by molar-refractivity contribution is 0.486. The van der Waals surface area contributed by atoms with Gasteiger partial charge in [-0.25, -0.2) is 0 Å². The molecular weight excluding hydrogens is 110 g/mol. The van der Waals surface area contributed by atoms with E-state index in [0.29, 0.717) is 5.92 Å². The van der Waals surface area contributed by atoms with Crippen LogP contribution in [0.5, 0.6) is 0 Å². The van der Waals surface area contributed by atoms with E-state index in [1.807, 2.05) is 0 Å². The van der Waals surface area contributed by atoms with Gasteiger partial charge in [0.25, 0.3) is 0 Å². The van der Waals surface area contributed by atoms with Gasteiger partial charge in [0.2, 0.25) is 0 Å². The molecule has 0 radical (unpaired) electrons. The highest BCUT2D eigenvalue weighted by Gasteiger charge is 2.29. The summed E-state index contributed by atoms with van der Waals surface area (Å²) < 4.78 is 0. The molecule has 0 aromatic rings. The van der Waals surface area contributed by atoms with Crippen molar-refractivity contribution in [3.8, 4) is 12.3 Å². The first-order valence-corrected chi connectivity index (χ1v) is 3.52. The van der Waals surface area contributed by atoms with E-state index in [-0.39, 0.29) is 0 Å². The van der Waals surface area contributed by atoms with Crippen molar-refractivity contribution in [3.05, 3.63) is 0 Å². The van der Waals surface area contributed by atoms with E-state index in [1.165, 1.54) is 12.8 Å². The number of hydrogen-bond donors (Lipinski definition) is 1. The quantitative estimate of drug-likeness (QED) is 0.556. The van der Waals surface area contributed by atoms with Gasteiger partial charge in [0, 0.05) is 6.42 Å². The van der Waals surface area contributed by atoms with E-state index in [0.717, 1.165) is 18.9 Å². The standard InChI is InChI=1S/C8H13N/c1-2-3-8(6-9)7-4-5-7/h1,7-8H,3-6,9H2. The highest BCUT2D eigenvalue weighted by atomic mass is 14.6. The fraction of sp³-hybridized carbons (Fsp3) is 0.750. The van der Waals surface area contributed by atoms with Gasteiger partial charge in [0.1, 0.15) is 0 Å². The molecule has 0 aromatic carbocycles. The van der Waals surface area contributed by atoms with E-state index >= 15 is 0 Å². The lowest BCUT2D eigenvalue weighted by Gasteiger charge is -2.07. The average Bonchev–Trinajstić information content (AvgIpc) is 2.64. The summed E-state index contributed by atoms with van der Waals surface area (Å²) in [5, 5.41) is 0. The van der Waals surface area contributed by atoms with Crippen molar-refractivity contribution in [2.45, 2.75) is 19.3 Å². The molecule has 0 aromatic heterocycles. The molecule has 1 rings (SSSR count). The van der Waals surface area contributed by atoms with Gasteiger partial charge in [0.15, 0.2) is 0 Å². The summed E-state index contributed by atoms with van der Waals surface area (Å²) in [5.74, 6) is 4.15. The maximum Gasteiger partial charge on any atom is 0.0129 e. The van der Waals surface area contributed by atoms with Gasteiger partial charge in [-0.05, 0) is 31.2 Å². The molecule has 0 heterocycles. The van der Waals surface area contributed by atoms with E-state index < -0.39 is 0 Å². The fourth-order valence-corrected chi connectivity index (χ4v) is 1.16. The molecule has 1 unspecified atom stereocenters. The number of terminal acetylenes is 1. The van der Waals surface area contributed by atoms with Crippen molar-refractivity contribution >= 4 is 0 Å². The summed E-state index contributed by atoms with van der Waals surface area (Å²) in [4.78, 5) is 0. The van der Waals surface area contributed by atoms with Crippen LogP contribution in [0.1, 0.15) is 19.3 Å². The second-order valence-corrected chi connectivity index (χ2v) is 2.74. The first-order valence-electron chi connectivity index (χ1n) is 3.52. The average molecular weight is 123 g/mol. The molecule has 1 fully saturated rings.